The Bertz CT molecular complexity index is 232. The summed E-state index contributed by atoms with van der Waals surface area (Å²) in [6.45, 7) is 5.40. The molecular formula is C10H16O4. The minimum absolute atomic E-state index is 0.0217. The van der Waals surface area contributed by atoms with Crippen LogP contribution in [0.3, 0.4) is 0 Å². The Hall–Kier alpha value is -1.32. The number of hydrogen-bond donors (Lipinski definition) is 1. The fourth-order valence-corrected chi connectivity index (χ4v) is 1.13. The van der Waals surface area contributed by atoms with Crippen molar-refractivity contribution in [3.63, 3.8) is 0 Å². The molecule has 0 amide bonds. The molecule has 0 aliphatic rings. The highest BCUT2D eigenvalue weighted by molar-refractivity contribution is 5.94. The first-order valence-electron chi connectivity index (χ1n) is 4.54. The summed E-state index contributed by atoms with van der Waals surface area (Å²) in [5, 5.41) is 8.85. The van der Waals surface area contributed by atoms with E-state index in [9.17, 15) is 9.59 Å². The molecular weight excluding hydrogens is 184 g/mol. The largest absolute Gasteiger partial charge is 0.481 e. The smallest absolute Gasteiger partial charge is 0.334 e. The van der Waals surface area contributed by atoms with E-state index in [2.05, 4.69) is 11.3 Å². The summed E-state index contributed by atoms with van der Waals surface area (Å²) in [4.78, 5) is 21.8. The van der Waals surface area contributed by atoms with E-state index in [1.807, 2.05) is 6.92 Å². The van der Waals surface area contributed by atoms with Crippen molar-refractivity contribution in [2.75, 3.05) is 7.11 Å². The van der Waals surface area contributed by atoms with E-state index in [1.165, 1.54) is 7.11 Å². The van der Waals surface area contributed by atoms with E-state index in [-0.39, 0.29) is 5.57 Å². The standard InChI is InChI=1S/C10H16O4/c1-4-5-6-8(9(11)12)7(2)10(13)14-3/h8H,2,4-6H2,1,3H3,(H,11,12). The second-order valence-corrected chi connectivity index (χ2v) is 3.05. The molecule has 0 bridgehead atoms. The summed E-state index contributed by atoms with van der Waals surface area (Å²) < 4.78 is 4.42. The number of unbranched alkanes of at least 4 members (excludes halogenated alkanes) is 1. The number of esters is 1. The molecule has 0 radical (unpaired) electrons. The van der Waals surface area contributed by atoms with E-state index in [0.717, 1.165) is 12.8 Å². The Balaban J connectivity index is 4.41. The number of carbonyl (C=O) groups is 2. The highest BCUT2D eigenvalue weighted by Gasteiger charge is 2.25. The van der Waals surface area contributed by atoms with Crippen molar-refractivity contribution in [2.45, 2.75) is 26.2 Å². The maximum atomic E-state index is 11.0. The monoisotopic (exact) mass is 200 g/mol. The Morgan fingerprint density at radius 1 is 1.50 bits per heavy atom. The minimum Gasteiger partial charge on any atom is -0.481 e. The molecule has 4 heteroatoms. The van der Waals surface area contributed by atoms with Crippen molar-refractivity contribution in [1.82, 2.24) is 0 Å². The van der Waals surface area contributed by atoms with Crippen LogP contribution >= 0.6 is 0 Å². The molecule has 0 saturated heterocycles. The van der Waals surface area contributed by atoms with E-state index in [4.69, 9.17) is 5.11 Å². The summed E-state index contributed by atoms with van der Waals surface area (Å²) >= 11 is 0. The number of ether oxygens (including phenoxy) is 1. The van der Waals surface area contributed by atoms with Crippen molar-refractivity contribution in [3.8, 4) is 0 Å². The first kappa shape index (κ1) is 12.7. The van der Waals surface area contributed by atoms with Crippen molar-refractivity contribution in [2.24, 2.45) is 5.92 Å². The summed E-state index contributed by atoms with van der Waals surface area (Å²) in [5.41, 5.74) is 0.0217. The average molecular weight is 200 g/mol. The van der Waals surface area contributed by atoms with Crippen LogP contribution in [0.4, 0.5) is 0 Å². The molecule has 0 aromatic rings. The number of carbonyl (C=O) groups excluding carboxylic acids is 1. The van der Waals surface area contributed by atoms with Crippen molar-refractivity contribution < 1.29 is 19.4 Å². The molecule has 0 aromatic carbocycles. The molecule has 0 aliphatic carbocycles. The topological polar surface area (TPSA) is 63.6 Å². The SMILES string of the molecule is C=C(C(=O)OC)C(CCCC)C(=O)O. The highest BCUT2D eigenvalue weighted by Crippen LogP contribution is 2.18. The lowest BCUT2D eigenvalue weighted by molar-refractivity contribution is -0.145. The van der Waals surface area contributed by atoms with Gasteiger partial charge in [0.15, 0.2) is 0 Å². The van der Waals surface area contributed by atoms with Gasteiger partial charge in [0.25, 0.3) is 0 Å². The summed E-state index contributed by atoms with van der Waals surface area (Å²) in [5.74, 6) is -2.48. The van der Waals surface area contributed by atoms with Gasteiger partial charge >= 0.3 is 11.9 Å². The zero-order valence-corrected chi connectivity index (χ0v) is 8.58. The van der Waals surface area contributed by atoms with Crippen LogP contribution in [0.5, 0.6) is 0 Å². The second kappa shape index (κ2) is 6.18. The molecule has 0 aromatic heterocycles. The van der Waals surface area contributed by atoms with Crippen LogP contribution in [0.2, 0.25) is 0 Å². The van der Waals surface area contributed by atoms with E-state index in [0.29, 0.717) is 6.42 Å². The predicted molar refractivity (Wildman–Crippen MR) is 51.8 cm³/mol. The van der Waals surface area contributed by atoms with Crippen molar-refractivity contribution in [1.29, 1.82) is 0 Å². The maximum Gasteiger partial charge on any atom is 0.334 e. The lowest BCUT2D eigenvalue weighted by Gasteiger charge is -2.12. The minimum atomic E-state index is -1.02. The predicted octanol–water partition coefficient (Wildman–Crippen LogP) is 1.61. The number of methoxy groups -OCH3 is 1. The lowest BCUT2D eigenvalue weighted by atomic mass is 9.95. The fourth-order valence-electron chi connectivity index (χ4n) is 1.13. The second-order valence-electron chi connectivity index (χ2n) is 3.05. The van der Waals surface area contributed by atoms with Gasteiger partial charge in [-0.3, -0.25) is 4.79 Å². The summed E-state index contributed by atoms with van der Waals surface area (Å²) in [7, 11) is 1.21. The average Bonchev–Trinajstić information content (AvgIpc) is 2.16. The molecule has 1 unspecified atom stereocenters. The molecule has 0 heterocycles. The molecule has 0 spiro atoms. The molecule has 1 atom stereocenters. The van der Waals surface area contributed by atoms with E-state index < -0.39 is 17.9 Å². The first-order valence-corrected chi connectivity index (χ1v) is 4.54. The van der Waals surface area contributed by atoms with E-state index in [1.54, 1.807) is 0 Å². The Morgan fingerprint density at radius 2 is 2.07 bits per heavy atom. The Kier molecular flexibility index (Phi) is 5.60. The number of rotatable bonds is 6. The van der Waals surface area contributed by atoms with Gasteiger partial charge in [-0.15, -0.1) is 0 Å². The van der Waals surface area contributed by atoms with Gasteiger partial charge in [-0.1, -0.05) is 26.3 Å². The molecule has 0 saturated carbocycles. The molecule has 80 valence electrons. The third-order valence-corrected chi connectivity index (χ3v) is 2.01. The van der Waals surface area contributed by atoms with Crippen LogP contribution in [-0.4, -0.2) is 24.2 Å². The van der Waals surface area contributed by atoms with Crippen LogP contribution < -0.4 is 0 Å². The maximum absolute atomic E-state index is 11.0. The van der Waals surface area contributed by atoms with Crippen LogP contribution in [0, 0.1) is 5.92 Å². The van der Waals surface area contributed by atoms with Crippen molar-refractivity contribution >= 4 is 11.9 Å². The summed E-state index contributed by atoms with van der Waals surface area (Å²) in [6, 6.07) is 0. The quantitative estimate of drug-likeness (QED) is 0.522. The molecule has 14 heavy (non-hydrogen) atoms. The number of carboxylic acids is 1. The Morgan fingerprint density at radius 3 is 2.43 bits per heavy atom. The highest BCUT2D eigenvalue weighted by atomic mass is 16.5. The normalized spacial score (nSPS) is 11.9. The molecule has 0 rings (SSSR count). The Labute approximate surface area is 83.6 Å². The first-order chi connectivity index (χ1) is 6.54. The van der Waals surface area contributed by atoms with Crippen LogP contribution in [0.25, 0.3) is 0 Å². The van der Waals surface area contributed by atoms with Gasteiger partial charge in [0.05, 0.1) is 13.0 Å². The fraction of sp³-hybridized carbons (Fsp3) is 0.600. The number of aliphatic carboxylic acids is 1. The third-order valence-electron chi connectivity index (χ3n) is 2.01. The van der Waals surface area contributed by atoms with Gasteiger partial charge in [0.2, 0.25) is 0 Å². The lowest BCUT2D eigenvalue weighted by Crippen LogP contribution is -2.21. The van der Waals surface area contributed by atoms with Crippen LogP contribution in [-0.2, 0) is 14.3 Å². The van der Waals surface area contributed by atoms with Crippen LogP contribution in [0.1, 0.15) is 26.2 Å². The third kappa shape index (κ3) is 3.60. The van der Waals surface area contributed by atoms with Gasteiger partial charge < -0.3 is 9.84 Å². The number of carboxylic acid groups (broad SMARTS) is 1. The molecule has 0 aliphatic heterocycles. The summed E-state index contributed by atoms with van der Waals surface area (Å²) in [6.07, 6.45) is 2.07. The zero-order chi connectivity index (χ0) is 11.1. The van der Waals surface area contributed by atoms with E-state index >= 15 is 0 Å². The van der Waals surface area contributed by atoms with Crippen molar-refractivity contribution in [3.05, 3.63) is 12.2 Å². The zero-order valence-electron chi connectivity index (χ0n) is 8.58. The molecule has 4 nitrogen and oxygen atoms in total. The van der Waals surface area contributed by atoms with Gasteiger partial charge in [0.1, 0.15) is 0 Å². The van der Waals surface area contributed by atoms with Crippen LogP contribution in [0.15, 0.2) is 12.2 Å². The molecule has 0 fully saturated rings. The number of hydrogen-bond acceptors (Lipinski definition) is 3. The van der Waals surface area contributed by atoms with Gasteiger partial charge in [-0.05, 0) is 6.42 Å². The van der Waals surface area contributed by atoms with Gasteiger partial charge in [-0.2, -0.15) is 0 Å². The molecule has 1 N–H and O–H groups in total. The van der Waals surface area contributed by atoms with Gasteiger partial charge in [-0.25, -0.2) is 4.79 Å². The van der Waals surface area contributed by atoms with Gasteiger partial charge in [0, 0.05) is 5.57 Å².